The molecule has 98 valence electrons. The first-order valence-electron chi connectivity index (χ1n) is 5.12. The van der Waals surface area contributed by atoms with E-state index in [4.69, 9.17) is 10.6 Å². The Balaban J connectivity index is 2.93. The molecule has 0 saturated heterocycles. The Hall–Kier alpha value is -2.19. The zero-order chi connectivity index (χ0) is 13.5. The molecular formula is C10H14N4O4. The second-order valence-electron chi connectivity index (χ2n) is 3.38. The molecule has 1 rings (SSSR count). The Morgan fingerprint density at radius 2 is 2.28 bits per heavy atom. The lowest BCUT2D eigenvalue weighted by atomic mass is 10.1. The number of hydrogen-bond acceptors (Lipinski definition) is 6. The van der Waals surface area contributed by atoms with Gasteiger partial charge in [-0.3, -0.25) is 20.8 Å². The number of nitrogen functional groups attached to an aromatic ring is 1. The van der Waals surface area contributed by atoms with Crippen LogP contribution in [0.4, 0.5) is 11.4 Å². The second kappa shape index (κ2) is 6.52. The fourth-order valence-electron chi connectivity index (χ4n) is 1.32. The molecule has 0 aliphatic heterocycles. The number of carbonyl (C=O) groups excluding carboxylic acids is 1. The first-order chi connectivity index (χ1) is 8.60. The molecule has 0 heterocycles. The van der Waals surface area contributed by atoms with Gasteiger partial charge in [0, 0.05) is 25.8 Å². The fourth-order valence-corrected chi connectivity index (χ4v) is 1.32. The normalized spacial score (nSPS) is 9.89. The van der Waals surface area contributed by atoms with Crippen molar-refractivity contribution in [2.75, 3.05) is 25.7 Å². The molecule has 0 atom stereocenters. The maximum atomic E-state index is 11.8. The van der Waals surface area contributed by atoms with Gasteiger partial charge in [0.05, 0.1) is 22.8 Å². The molecule has 0 unspecified atom stereocenters. The van der Waals surface area contributed by atoms with Gasteiger partial charge in [-0.05, 0) is 6.07 Å². The molecule has 0 aliphatic rings. The average Bonchev–Trinajstić information content (AvgIpc) is 2.38. The molecule has 0 spiro atoms. The van der Waals surface area contributed by atoms with Crippen LogP contribution < -0.4 is 16.6 Å². The van der Waals surface area contributed by atoms with Crippen molar-refractivity contribution in [2.24, 2.45) is 5.84 Å². The fraction of sp³-hybridized carbons (Fsp3) is 0.300. The molecule has 18 heavy (non-hydrogen) atoms. The lowest BCUT2D eigenvalue weighted by molar-refractivity contribution is -0.384. The summed E-state index contributed by atoms with van der Waals surface area (Å²) in [5.41, 5.74) is 2.57. The molecule has 0 aromatic heterocycles. The SMILES string of the molecule is COCCNC(=O)c1cc([N+](=O)[O-])ccc1NN. The quantitative estimate of drug-likeness (QED) is 0.290. The van der Waals surface area contributed by atoms with Gasteiger partial charge in [0.1, 0.15) is 0 Å². The van der Waals surface area contributed by atoms with Gasteiger partial charge in [0.15, 0.2) is 0 Å². The summed E-state index contributed by atoms with van der Waals surface area (Å²) in [4.78, 5) is 21.8. The van der Waals surface area contributed by atoms with Gasteiger partial charge in [-0.25, -0.2) is 0 Å². The van der Waals surface area contributed by atoms with Gasteiger partial charge in [0.2, 0.25) is 0 Å². The van der Waals surface area contributed by atoms with E-state index < -0.39 is 10.8 Å². The molecule has 0 bridgehead atoms. The molecule has 4 N–H and O–H groups in total. The summed E-state index contributed by atoms with van der Waals surface area (Å²) >= 11 is 0. The molecule has 0 fully saturated rings. The van der Waals surface area contributed by atoms with E-state index in [2.05, 4.69) is 10.7 Å². The molecular weight excluding hydrogens is 240 g/mol. The van der Waals surface area contributed by atoms with Crippen molar-refractivity contribution in [3.63, 3.8) is 0 Å². The summed E-state index contributed by atoms with van der Waals surface area (Å²) in [6.45, 7) is 0.661. The highest BCUT2D eigenvalue weighted by molar-refractivity contribution is 6.00. The minimum absolute atomic E-state index is 0.114. The molecule has 1 aromatic carbocycles. The Labute approximate surface area is 103 Å². The summed E-state index contributed by atoms with van der Waals surface area (Å²) < 4.78 is 4.78. The smallest absolute Gasteiger partial charge is 0.270 e. The van der Waals surface area contributed by atoms with Crippen LogP contribution in [0.25, 0.3) is 0 Å². The van der Waals surface area contributed by atoms with Crippen molar-refractivity contribution < 1.29 is 14.5 Å². The molecule has 1 aromatic rings. The summed E-state index contributed by atoms with van der Waals surface area (Å²) in [7, 11) is 1.51. The number of ether oxygens (including phenoxy) is 1. The van der Waals surface area contributed by atoms with E-state index in [0.29, 0.717) is 18.8 Å². The summed E-state index contributed by atoms with van der Waals surface area (Å²) in [5, 5.41) is 13.2. The number of amides is 1. The molecule has 0 radical (unpaired) electrons. The van der Waals surface area contributed by atoms with Gasteiger partial charge >= 0.3 is 0 Å². The third-order valence-corrected chi connectivity index (χ3v) is 2.21. The second-order valence-corrected chi connectivity index (χ2v) is 3.38. The lowest BCUT2D eigenvalue weighted by Gasteiger charge is -2.09. The predicted octanol–water partition coefficient (Wildman–Crippen LogP) is 0.257. The van der Waals surface area contributed by atoms with E-state index in [-0.39, 0.29) is 11.3 Å². The zero-order valence-electron chi connectivity index (χ0n) is 9.80. The number of methoxy groups -OCH3 is 1. The minimum atomic E-state index is -0.577. The predicted molar refractivity (Wildman–Crippen MR) is 65.1 cm³/mol. The summed E-state index contributed by atoms with van der Waals surface area (Å²) in [6, 6.07) is 3.81. The minimum Gasteiger partial charge on any atom is -0.383 e. The average molecular weight is 254 g/mol. The van der Waals surface area contributed by atoms with Crippen LogP contribution in [0.3, 0.4) is 0 Å². The molecule has 8 nitrogen and oxygen atoms in total. The first-order valence-corrected chi connectivity index (χ1v) is 5.12. The van der Waals surface area contributed by atoms with Crippen molar-refractivity contribution in [2.45, 2.75) is 0 Å². The lowest BCUT2D eigenvalue weighted by Crippen LogP contribution is -2.28. The number of anilines is 1. The molecule has 0 saturated carbocycles. The van der Waals surface area contributed by atoms with Crippen LogP contribution in [-0.2, 0) is 4.74 Å². The molecule has 0 aliphatic carbocycles. The van der Waals surface area contributed by atoms with Gasteiger partial charge in [-0.1, -0.05) is 0 Å². The van der Waals surface area contributed by atoms with Crippen molar-refractivity contribution in [3.8, 4) is 0 Å². The van der Waals surface area contributed by atoms with Crippen molar-refractivity contribution in [1.82, 2.24) is 5.32 Å². The monoisotopic (exact) mass is 254 g/mol. The number of hydrogen-bond donors (Lipinski definition) is 3. The van der Waals surface area contributed by atoms with Gasteiger partial charge < -0.3 is 15.5 Å². The van der Waals surface area contributed by atoms with Crippen LogP contribution >= 0.6 is 0 Å². The van der Waals surface area contributed by atoms with E-state index in [0.717, 1.165) is 6.07 Å². The zero-order valence-corrected chi connectivity index (χ0v) is 9.80. The van der Waals surface area contributed by atoms with Crippen LogP contribution in [0, 0.1) is 10.1 Å². The Morgan fingerprint density at radius 3 is 2.83 bits per heavy atom. The van der Waals surface area contributed by atoms with E-state index >= 15 is 0 Å². The van der Waals surface area contributed by atoms with Crippen LogP contribution in [0.1, 0.15) is 10.4 Å². The number of nitrogens with one attached hydrogen (secondary N) is 2. The first kappa shape index (κ1) is 13.9. The topological polar surface area (TPSA) is 120 Å². The third-order valence-electron chi connectivity index (χ3n) is 2.21. The summed E-state index contributed by atoms with van der Waals surface area (Å²) in [5.74, 6) is 4.79. The molecule has 1 amide bonds. The van der Waals surface area contributed by atoms with Gasteiger partial charge in [0.25, 0.3) is 11.6 Å². The number of benzene rings is 1. The standard InChI is InChI=1S/C10H14N4O4/c1-18-5-4-12-10(15)8-6-7(14(16)17)2-3-9(8)13-11/h2-3,6,13H,4-5,11H2,1H3,(H,12,15). The number of nitrogens with two attached hydrogens (primary N) is 1. The van der Waals surface area contributed by atoms with Gasteiger partial charge in [-0.2, -0.15) is 0 Å². The largest absolute Gasteiger partial charge is 0.383 e. The van der Waals surface area contributed by atoms with Gasteiger partial charge in [-0.15, -0.1) is 0 Å². The number of nitro benzene ring substituents is 1. The maximum Gasteiger partial charge on any atom is 0.270 e. The van der Waals surface area contributed by atoms with Crippen LogP contribution in [0.15, 0.2) is 18.2 Å². The maximum absolute atomic E-state index is 11.8. The van der Waals surface area contributed by atoms with Crippen LogP contribution in [0.2, 0.25) is 0 Å². The van der Waals surface area contributed by atoms with Crippen molar-refractivity contribution in [3.05, 3.63) is 33.9 Å². The number of nitrogens with zero attached hydrogens (tertiary/aromatic N) is 1. The Kier molecular flexibility index (Phi) is 5.03. The van der Waals surface area contributed by atoms with E-state index in [1.54, 1.807) is 0 Å². The third kappa shape index (κ3) is 3.40. The van der Waals surface area contributed by atoms with Crippen molar-refractivity contribution in [1.29, 1.82) is 0 Å². The number of nitro groups is 1. The van der Waals surface area contributed by atoms with Crippen LogP contribution in [-0.4, -0.2) is 31.1 Å². The van der Waals surface area contributed by atoms with E-state index in [9.17, 15) is 14.9 Å². The van der Waals surface area contributed by atoms with Crippen molar-refractivity contribution >= 4 is 17.3 Å². The highest BCUT2D eigenvalue weighted by Crippen LogP contribution is 2.21. The number of hydrazine groups is 1. The highest BCUT2D eigenvalue weighted by atomic mass is 16.6. The molecule has 8 heteroatoms. The van der Waals surface area contributed by atoms with E-state index in [1.807, 2.05) is 0 Å². The highest BCUT2D eigenvalue weighted by Gasteiger charge is 2.15. The summed E-state index contributed by atoms with van der Waals surface area (Å²) in [6.07, 6.45) is 0. The number of carbonyl (C=O) groups is 1. The Morgan fingerprint density at radius 1 is 1.56 bits per heavy atom. The Bertz CT molecular complexity index is 450. The van der Waals surface area contributed by atoms with E-state index in [1.165, 1.54) is 19.2 Å². The number of rotatable bonds is 6. The number of non-ortho nitro benzene ring substituents is 1. The van der Waals surface area contributed by atoms with Crippen LogP contribution in [0.5, 0.6) is 0 Å².